The fourth-order valence-electron chi connectivity index (χ4n) is 2.97. The van der Waals surface area contributed by atoms with Crippen LogP contribution in [0.25, 0.3) is 16.6 Å². The van der Waals surface area contributed by atoms with Crippen molar-refractivity contribution in [3.8, 4) is 17.2 Å². The topological polar surface area (TPSA) is 79.7 Å². The third-order valence-corrected chi connectivity index (χ3v) is 4.28. The van der Waals surface area contributed by atoms with Crippen LogP contribution in [0.2, 0.25) is 0 Å². The second-order valence-corrected chi connectivity index (χ2v) is 5.86. The number of nitrogens with zero attached hydrogens (tertiary/aromatic N) is 2. The Labute approximate surface area is 148 Å². The lowest BCUT2D eigenvalue weighted by Crippen LogP contribution is -2.20. The maximum atomic E-state index is 13.0. The minimum Gasteiger partial charge on any atom is -0.486 e. The molecule has 0 radical (unpaired) electrons. The Hall–Kier alpha value is -3.35. The average Bonchev–Trinajstić information content (AvgIpc) is 2.67. The molecule has 132 valence electrons. The van der Waals surface area contributed by atoms with Crippen LogP contribution >= 0.6 is 0 Å². The molecule has 0 aliphatic carbocycles. The zero-order valence-electron chi connectivity index (χ0n) is 14.3. The normalized spacial score (nSPS) is 12.8. The first kappa shape index (κ1) is 16.1. The van der Waals surface area contributed by atoms with Gasteiger partial charge in [-0.1, -0.05) is 0 Å². The van der Waals surface area contributed by atoms with E-state index in [-0.39, 0.29) is 11.1 Å². The number of rotatable bonds is 2. The standard InChI is InChI=1S/C19H16N2O5/c1-11-13(19(23)24-2)10-14-15(20-11)5-6-21(18(14)22)12-3-4-16-17(9-12)26-8-7-25-16/h3-6,9-10H,7-8H2,1-2H3. The van der Waals surface area contributed by atoms with Gasteiger partial charge in [0.1, 0.15) is 13.2 Å². The largest absolute Gasteiger partial charge is 0.486 e. The molecule has 0 unspecified atom stereocenters. The fourth-order valence-corrected chi connectivity index (χ4v) is 2.97. The molecule has 1 aliphatic heterocycles. The monoisotopic (exact) mass is 352 g/mol. The Morgan fingerprint density at radius 2 is 1.92 bits per heavy atom. The predicted octanol–water partition coefficient (Wildman–Crippen LogP) is 2.25. The highest BCUT2D eigenvalue weighted by molar-refractivity contribution is 5.94. The first-order valence-corrected chi connectivity index (χ1v) is 8.10. The van der Waals surface area contributed by atoms with Crippen molar-refractivity contribution >= 4 is 16.9 Å². The van der Waals surface area contributed by atoms with E-state index >= 15 is 0 Å². The number of carbonyl (C=O) groups excluding carboxylic acids is 1. The fraction of sp³-hybridized carbons (Fsp3) is 0.211. The number of hydrogen-bond donors (Lipinski definition) is 0. The van der Waals surface area contributed by atoms with Gasteiger partial charge in [0, 0.05) is 12.3 Å². The van der Waals surface area contributed by atoms with Gasteiger partial charge in [-0.3, -0.25) is 14.3 Å². The van der Waals surface area contributed by atoms with Crippen LogP contribution < -0.4 is 15.0 Å². The summed E-state index contributed by atoms with van der Waals surface area (Å²) in [7, 11) is 1.30. The van der Waals surface area contributed by atoms with Crippen molar-refractivity contribution in [2.45, 2.75) is 6.92 Å². The summed E-state index contributed by atoms with van der Waals surface area (Å²) in [6, 6.07) is 8.57. The second kappa shape index (κ2) is 6.18. The third-order valence-electron chi connectivity index (χ3n) is 4.28. The summed E-state index contributed by atoms with van der Waals surface area (Å²) < 4.78 is 17.3. The molecule has 2 aromatic heterocycles. The Balaban J connectivity index is 1.89. The number of hydrogen-bond acceptors (Lipinski definition) is 6. The number of aryl methyl sites for hydroxylation is 1. The molecule has 3 aromatic rings. The van der Waals surface area contributed by atoms with E-state index in [1.165, 1.54) is 17.7 Å². The molecule has 0 saturated heterocycles. The number of methoxy groups -OCH3 is 1. The minimum atomic E-state index is -0.522. The van der Waals surface area contributed by atoms with E-state index in [0.717, 1.165) is 0 Å². The molecule has 0 atom stereocenters. The number of aromatic nitrogens is 2. The summed E-state index contributed by atoms with van der Waals surface area (Å²) >= 11 is 0. The van der Waals surface area contributed by atoms with E-state index in [2.05, 4.69) is 4.98 Å². The lowest BCUT2D eigenvalue weighted by atomic mass is 10.1. The molecule has 0 amide bonds. The number of esters is 1. The van der Waals surface area contributed by atoms with E-state index in [1.807, 2.05) is 0 Å². The molecule has 0 saturated carbocycles. The predicted molar refractivity (Wildman–Crippen MR) is 94.4 cm³/mol. The van der Waals surface area contributed by atoms with E-state index in [1.54, 1.807) is 37.4 Å². The Bertz CT molecular complexity index is 1090. The van der Waals surface area contributed by atoms with Crippen LogP contribution in [0.15, 0.2) is 41.3 Å². The SMILES string of the molecule is COC(=O)c1cc2c(=O)n(-c3ccc4c(c3)OCCO4)ccc2nc1C. The van der Waals surface area contributed by atoms with Gasteiger partial charge in [0.25, 0.3) is 5.56 Å². The molecule has 0 bridgehead atoms. The van der Waals surface area contributed by atoms with Crippen molar-refractivity contribution in [1.82, 2.24) is 9.55 Å². The highest BCUT2D eigenvalue weighted by Gasteiger charge is 2.16. The smallest absolute Gasteiger partial charge is 0.339 e. The molecule has 0 fully saturated rings. The minimum absolute atomic E-state index is 0.275. The molecule has 0 spiro atoms. The first-order chi connectivity index (χ1) is 12.6. The van der Waals surface area contributed by atoms with Crippen molar-refractivity contribution < 1.29 is 19.0 Å². The van der Waals surface area contributed by atoms with Gasteiger partial charge in [-0.15, -0.1) is 0 Å². The van der Waals surface area contributed by atoms with Crippen LogP contribution in [-0.2, 0) is 4.74 Å². The van der Waals surface area contributed by atoms with Crippen LogP contribution in [0, 0.1) is 6.92 Å². The van der Waals surface area contributed by atoms with Gasteiger partial charge < -0.3 is 14.2 Å². The van der Waals surface area contributed by atoms with E-state index < -0.39 is 5.97 Å². The number of benzene rings is 1. The van der Waals surface area contributed by atoms with Gasteiger partial charge in [0.05, 0.1) is 35.0 Å². The van der Waals surface area contributed by atoms with Crippen molar-refractivity contribution in [3.05, 3.63) is 58.1 Å². The summed E-state index contributed by atoms with van der Waals surface area (Å²) in [4.78, 5) is 29.2. The van der Waals surface area contributed by atoms with Crippen molar-refractivity contribution in [3.63, 3.8) is 0 Å². The van der Waals surface area contributed by atoms with Gasteiger partial charge in [-0.25, -0.2) is 4.79 Å². The van der Waals surface area contributed by atoms with Crippen molar-refractivity contribution in [2.75, 3.05) is 20.3 Å². The van der Waals surface area contributed by atoms with E-state index in [4.69, 9.17) is 14.2 Å². The maximum Gasteiger partial charge on any atom is 0.339 e. The van der Waals surface area contributed by atoms with Crippen LogP contribution in [0.3, 0.4) is 0 Å². The lowest BCUT2D eigenvalue weighted by molar-refractivity contribution is 0.0599. The number of carbonyl (C=O) groups is 1. The van der Waals surface area contributed by atoms with Crippen LogP contribution in [0.1, 0.15) is 16.1 Å². The first-order valence-electron chi connectivity index (χ1n) is 8.10. The average molecular weight is 352 g/mol. The Kier molecular flexibility index (Phi) is 3.84. The summed E-state index contributed by atoms with van der Waals surface area (Å²) in [6.45, 7) is 2.68. The molecule has 7 heteroatoms. The summed E-state index contributed by atoms with van der Waals surface area (Å²) in [6.07, 6.45) is 1.65. The highest BCUT2D eigenvalue weighted by atomic mass is 16.6. The van der Waals surface area contributed by atoms with Crippen molar-refractivity contribution in [2.24, 2.45) is 0 Å². The quantitative estimate of drug-likeness (QED) is 0.658. The van der Waals surface area contributed by atoms with E-state index in [0.29, 0.717) is 47.0 Å². The Morgan fingerprint density at radius 3 is 2.69 bits per heavy atom. The molecular weight excluding hydrogens is 336 g/mol. The third kappa shape index (κ3) is 2.57. The van der Waals surface area contributed by atoms with Gasteiger partial charge in [-0.05, 0) is 31.2 Å². The molecule has 3 heterocycles. The maximum absolute atomic E-state index is 13.0. The summed E-state index contributed by atoms with van der Waals surface area (Å²) in [5, 5.41) is 0.341. The molecule has 1 aliphatic rings. The number of fused-ring (bicyclic) bond motifs is 2. The van der Waals surface area contributed by atoms with Gasteiger partial charge in [0.15, 0.2) is 11.5 Å². The van der Waals surface area contributed by atoms with Crippen LogP contribution in [-0.4, -0.2) is 35.8 Å². The molecule has 0 N–H and O–H groups in total. The molecule has 1 aromatic carbocycles. The molecule has 4 rings (SSSR count). The van der Waals surface area contributed by atoms with E-state index in [9.17, 15) is 9.59 Å². The molecule has 7 nitrogen and oxygen atoms in total. The number of ether oxygens (including phenoxy) is 3. The lowest BCUT2D eigenvalue weighted by Gasteiger charge is -2.19. The van der Waals surface area contributed by atoms with Gasteiger partial charge >= 0.3 is 5.97 Å². The summed E-state index contributed by atoms with van der Waals surface area (Å²) in [5.41, 5.74) is 1.67. The molecular formula is C19H16N2O5. The van der Waals surface area contributed by atoms with Gasteiger partial charge in [0.2, 0.25) is 0 Å². The molecule has 26 heavy (non-hydrogen) atoms. The van der Waals surface area contributed by atoms with Crippen LogP contribution in [0.5, 0.6) is 11.5 Å². The van der Waals surface area contributed by atoms with Crippen LogP contribution in [0.4, 0.5) is 0 Å². The Morgan fingerprint density at radius 1 is 1.15 bits per heavy atom. The highest BCUT2D eigenvalue weighted by Crippen LogP contribution is 2.31. The zero-order valence-corrected chi connectivity index (χ0v) is 14.3. The summed E-state index contributed by atoms with van der Waals surface area (Å²) in [5.74, 6) is 0.725. The number of pyridine rings is 2. The van der Waals surface area contributed by atoms with Crippen molar-refractivity contribution in [1.29, 1.82) is 0 Å². The zero-order chi connectivity index (χ0) is 18.3. The second-order valence-electron chi connectivity index (χ2n) is 5.86. The van der Waals surface area contributed by atoms with Gasteiger partial charge in [-0.2, -0.15) is 0 Å².